The van der Waals surface area contributed by atoms with E-state index in [9.17, 15) is 14.7 Å². The molecule has 0 aromatic rings. The van der Waals surface area contributed by atoms with E-state index in [-0.39, 0.29) is 5.92 Å². The predicted octanol–water partition coefficient (Wildman–Crippen LogP) is 1.55. The summed E-state index contributed by atoms with van der Waals surface area (Å²) in [6, 6.07) is 0. The van der Waals surface area contributed by atoms with E-state index in [1.165, 1.54) is 0 Å². The number of likely N-dealkylation sites (tertiary alicyclic amines) is 1. The number of carbonyl (C=O) groups excluding carboxylic acids is 1. The Morgan fingerprint density at radius 3 is 2.45 bits per heavy atom. The van der Waals surface area contributed by atoms with Crippen LogP contribution in [0.15, 0.2) is 0 Å². The van der Waals surface area contributed by atoms with Crippen LogP contribution in [-0.4, -0.2) is 54.4 Å². The van der Waals surface area contributed by atoms with Crippen molar-refractivity contribution in [3.8, 4) is 0 Å². The van der Waals surface area contributed by atoms with Crippen molar-refractivity contribution in [2.75, 3.05) is 26.7 Å². The molecule has 1 fully saturated rings. The summed E-state index contributed by atoms with van der Waals surface area (Å²) in [5.41, 5.74) is -0.542. The lowest BCUT2D eigenvalue weighted by Gasteiger charge is -2.24. The number of hydrogen-bond donors (Lipinski definition) is 2. The number of aliphatic carboxylic acids is 1. The van der Waals surface area contributed by atoms with Crippen LogP contribution in [0.5, 0.6) is 0 Å². The van der Waals surface area contributed by atoms with Gasteiger partial charge in [-0.1, -0.05) is 0 Å². The first kappa shape index (κ1) is 16.8. The lowest BCUT2D eigenvalue weighted by atomic mass is 9.88. The molecule has 1 amide bonds. The van der Waals surface area contributed by atoms with Gasteiger partial charge < -0.3 is 20.1 Å². The van der Waals surface area contributed by atoms with Crippen molar-refractivity contribution in [1.82, 2.24) is 10.2 Å². The maximum Gasteiger partial charge on any atom is 0.407 e. The van der Waals surface area contributed by atoms with Gasteiger partial charge in [-0.15, -0.1) is 0 Å². The Morgan fingerprint density at radius 1 is 1.30 bits per heavy atom. The fourth-order valence-corrected chi connectivity index (χ4v) is 2.39. The van der Waals surface area contributed by atoms with Crippen molar-refractivity contribution in [2.24, 2.45) is 11.8 Å². The zero-order valence-corrected chi connectivity index (χ0v) is 12.8. The number of carbonyl (C=O) groups is 2. The van der Waals surface area contributed by atoms with E-state index in [4.69, 9.17) is 4.74 Å². The maximum atomic E-state index is 11.6. The highest BCUT2D eigenvalue weighted by Gasteiger charge is 2.31. The van der Waals surface area contributed by atoms with Crippen molar-refractivity contribution in [1.29, 1.82) is 0 Å². The molecular formula is C14H26N2O4. The van der Waals surface area contributed by atoms with Crippen LogP contribution in [0.4, 0.5) is 4.79 Å². The molecule has 1 saturated heterocycles. The van der Waals surface area contributed by atoms with E-state index in [0.29, 0.717) is 13.0 Å². The number of carboxylic acid groups (broad SMARTS) is 1. The Morgan fingerprint density at radius 2 is 1.90 bits per heavy atom. The third-order valence-electron chi connectivity index (χ3n) is 3.50. The first-order valence-corrected chi connectivity index (χ1v) is 7.07. The molecule has 2 N–H and O–H groups in total. The summed E-state index contributed by atoms with van der Waals surface area (Å²) in [4.78, 5) is 25.1. The number of nitrogens with one attached hydrogen (secondary N) is 1. The van der Waals surface area contributed by atoms with Gasteiger partial charge in [0.05, 0.1) is 5.92 Å². The van der Waals surface area contributed by atoms with Crippen LogP contribution in [-0.2, 0) is 9.53 Å². The first-order chi connectivity index (χ1) is 9.19. The molecule has 0 aliphatic carbocycles. The Hall–Kier alpha value is -1.30. The molecule has 0 aromatic carbocycles. The monoisotopic (exact) mass is 286 g/mol. The average molecular weight is 286 g/mol. The minimum Gasteiger partial charge on any atom is -0.481 e. The molecule has 0 radical (unpaired) electrons. The van der Waals surface area contributed by atoms with E-state index in [0.717, 1.165) is 19.5 Å². The van der Waals surface area contributed by atoms with Crippen molar-refractivity contribution in [2.45, 2.75) is 39.2 Å². The molecule has 1 aliphatic heterocycles. The van der Waals surface area contributed by atoms with Gasteiger partial charge in [0.25, 0.3) is 0 Å². The van der Waals surface area contributed by atoms with Gasteiger partial charge in [0.1, 0.15) is 5.60 Å². The summed E-state index contributed by atoms with van der Waals surface area (Å²) in [5, 5.41) is 12.0. The molecule has 2 atom stereocenters. The number of carboxylic acids is 1. The second-order valence-electron chi connectivity index (χ2n) is 6.47. The van der Waals surface area contributed by atoms with Gasteiger partial charge in [0.2, 0.25) is 0 Å². The molecule has 1 heterocycles. The average Bonchev–Trinajstić information content (AvgIpc) is 2.46. The molecule has 116 valence electrons. The number of hydrogen-bond acceptors (Lipinski definition) is 4. The van der Waals surface area contributed by atoms with Crippen molar-refractivity contribution >= 4 is 12.1 Å². The van der Waals surface area contributed by atoms with Gasteiger partial charge in [-0.3, -0.25) is 4.79 Å². The minimum atomic E-state index is -0.781. The maximum absolute atomic E-state index is 11.6. The molecule has 0 saturated carbocycles. The Labute approximate surface area is 120 Å². The number of ether oxygens (including phenoxy) is 1. The Balaban J connectivity index is 2.54. The third-order valence-corrected chi connectivity index (χ3v) is 3.50. The largest absolute Gasteiger partial charge is 0.481 e. The number of alkyl carbamates (subject to hydrolysis) is 1. The molecular weight excluding hydrogens is 260 g/mol. The summed E-state index contributed by atoms with van der Waals surface area (Å²) in [6.07, 6.45) is 0.898. The lowest BCUT2D eigenvalue weighted by molar-refractivity contribution is -0.143. The van der Waals surface area contributed by atoms with Gasteiger partial charge >= 0.3 is 12.1 Å². The quantitative estimate of drug-likeness (QED) is 0.823. The van der Waals surface area contributed by atoms with Crippen LogP contribution >= 0.6 is 0 Å². The molecule has 6 nitrogen and oxygen atoms in total. The summed E-state index contributed by atoms with van der Waals surface area (Å²) < 4.78 is 5.17. The second-order valence-corrected chi connectivity index (χ2v) is 6.47. The fraction of sp³-hybridized carbons (Fsp3) is 0.857. The summed E-state index contributed by atoms with van der Waals surface area (Å²) >= 11 is 0. The van der Waals surface area contributed by atoms with E-state index in [2.05, 4.69) is 10.2 Å². The highest BCUT2D eigenvalue weighted by Crippen LogP contribution is 2.23. The molecule has 20 heavy (non-hydrogen) atoms. The SMILES string of the molecule is CN1CCC(CNC(=O)OC(C)(C)C)C(C(=O)O)CC1. The van der Waals surface area contributed by atoms with Gasteiger partial charge in [-0.05, 0) is 59.7 Å². The summed E-state index contributed by atoms with van der Waals surface area (Å²) in [5.74, 6) is -1.24. The van der Waals surface area contributed by atoms with E-state index in [1.54, 1.807) is 20.8 Å². The normalized spacial score (nSPS) is 24.8. The van der Waals surface area contributed by atoms with Crippen molar-refractivity contribution in [3.05, 3.63) is 0 Å². The van der Waals surface area contributed by atoms with Crippen LogP contribution in [0.1, 0.15) is 33.6 Å². The van der Waals surface area contributed by atoms with Crippen molar-refractivity contribution < 1.29 is 19.4 Å². The summed E-state index contributed by atoms with van der Waals surface area (Å²) in [6.45, 7) is 7.37. The standard InChI is InChI=1S/C14H26N2O4/c1-14(2,3)20-13(19)15-9-10-5-7-16(4)8-6-11(10)12(17)18/h10-11H,5-9H2,1-4H3,(H,15,19)(H,17,18). The molecule has 0 spiro atoms. The Bertz CT molecular complexity index is 352. The van der Waals surface area contributed by atoms with E-state index < -0.39 is 23.6 Å². The third kappa shape index (κ3) is 5.77. The number of rotatable bonds is 3. The van der Waals surface area contributed by atoms with Crippen LogP contribution in [0.2, 0.25) is 0 Å². The van der Waals surface area contributed by atoms with Crippen molar-refractivity contribution in [3.63, 3.8) is 0 Å². The highest BCUT2D eigenvalue weighted by molar-refractivity contribution is 5.71. The van der Waals surface area contributed by atoms with Gasteiger partial charge in [0, 0.05) is 6.54 Å². The zero-order chi connectivity index (χ0) is 15.3. The number of nitrogens with zero attached hydrogens (tertiary/aromatic N) is 1. The molecule has 2 unspecified atom stereocenters. The molecule has 0 aromatic heterocycles. The second kappa shape index (κ2) is 6.92. The smallest absolute Gasteiger partial charge is 0.407 e. The topological polar surface area (TPSA) is 78.9 Å². The molecule has 0 bridgehead atoms. The van der Waals surface area contributed by atoms with Gasteiger partial charge in [0.15, 0.2) is 0 Å². The fourth-order valence-electron chi connectivity index (χ4n) is 2.39. The summed E-state index contributed by atoms with van der Waals surface area (Å²) in [7, 11) is 1.99. The Kier molecular flexibility index (Phi) is 5.80. The molecule has 6 heteroatoms. The van der Waals surface area contributed by atoms with E-state index >= 15 is 0 Å². The highest BCUT2D eigenvalue weighted by atomic mass is 16.6. The van der Waals surface area contributed by atoms with Crippen LogP contribution in [0.3, 0.4) is 0 Å². The minimum absolute atomic E-state index is 0.0510. The number of amides is 1. The van der Waals surface area contributed by atoms with Crippen LogP contribution in [0.25, 0.3) is 0 Å². The van der Waals surface area contributed by atoms with E-state index in [1.807, 2.05) is 7.05 Å². The van der Waals surface area contributed by atoms with Crippen LogP contribution < -0.4 is 5.32 Å². The first-order valence-electron chi connectivity index (χ1n) is 7.07. The zero-order valence-electron chi connectivity index (χ0n) is 12.8. The molecule has 1 aliphatic rings. The predicted molar refractivity (Wildman–Crippen MR) is 75.6 cm³/mol. The van der Waals surface area contributed by atoms with Gasteiger partial charge in [-0.2, -0.15) is 0 Å². The lowest BCUT2D eigenvalue weighted by Crippen LogP contribution is -2.38. The van der Waals surface area contributed by atoms with Gasteiger partial charge in [-0.25, -0.2) is 4.79 Å². The molecule has 1 rings (SSSR count). The van der Waals surface area contributed by atoms with Crippen LogP contribution in [0, 0.1) is 11.8 Å².